The van der Waals surface area contributed by atoms with E-state index < -0.39 is 6.04 Å². The summed E-state index contributed by atoms with van der Waals surface area (Å²) in [5.41, 5.74) is 2.80. The third kappa shape index (κ3) is 4.77. The van der Waals surface area contributed by atoms with Gasteiger partial charge in [-0.15, -0.1) is 0 Å². The molecule has 0 fully saturated rings. The van der Waals surface area contributed by atoms with E-state index in [1.54, 1.807) is 29.3 Å². The third-order valence-electron chi connectivity index (χ3n) is 5.43. The van der Waals surface area contributed by atoms with Gasteiger partial charge >= 0.3 is 0 Å². The van der Waals surface area contributed by atoms with Crippen molar-refractivity contribution in [1.82, 2.24) is 19.9 Å². The molecule has 168 valence electrons. The quantitative estimate of drug-likeness (QED) is 0.462. The number of fused-ring (bicyclic) bond motifs is 1. The SMILES string of the molecule is CC(NC(=O)c1ccccn1)c1nc2ccccc2n1CC(=O)N(c1ccccc1)C(C)C. The number of para-hydroxylation sites is 3. The van der Waals surface area contributed by atoms with E-state index in [0.717, 1.165) is 16.7 Å². The molecular weight excluding hydrogens is 414 g/mol. The fourth-order valence-corrected chi connectivity index (χ4v) is 3.95. The van der Waals surface area contributed by atoms with Gasteiger partial charge in [-0.1, -0.05) is 36.4 Å². The molecule has 7 nitrogen and oxygen atoms in total. The first-order valence-corrected chi connectivity index (χ1v) is 11.0. The molecule has 0 spiro atoms. The van der Waals surface area contributed by atoms with E-state index in [-0.39, 0.29) is 24.4 Å². The molecule has 2 aromatic carbocycles. The monoisotopic (exact) mass is 441 g/mol. The molecule has 0 bridgehead atoms. The summed E-state index contributed by atoms with van der Waals surface area (Å²) in [6.07, 6.45) is 1.58. The molecule has 2 amide bonds. The second-order valence-corrected chi connectivity index (χ2v) is 8.15. The van der Waals surface area contributed by atoms with Gasteiger partial charge in [0.15, 0.2) is 0 Å². The molecule has 4 rings (SSSR count). The van der Waals surface area contributed by atoms with Crippen molar-refractivity contribution in [1.29, 1.82) is 0 Å². The number of carbonyl (C=O) groups excluding carboxylic acids is 2. The van der Waals surface area contributed by atoms with Crippen LogP contribution in [0, 0.1) is 0 Å². The van der Waals surface area contributed by atoms with Gasteiger partial charge in [0.2, 0.25) is 5.91 Å². The number of benzene rings is 2. The van der Waals surface area contributed by atoms with E-state index in [9.17, 15) is 9.59 Å². The average Bonchev–Trinajstić information content (AvgIpc) is 3.18. The predicted octanol–water partition coefficient (Wildman–Crippen LogP) is 4.36. The molecule has 0 aliphatic heterocycles. The zero-order valence-corrected chi connectivity index (χ0v) is 19.0. The maximum absolute atomic E-state index is 13.5. The molecule has 0 aliphatic rings. The van der Waals surface area contributed by atoms with Crippen LogP contribution < -0.4 is 10.2 Å². The number of rotatable bonds is 7. The normalized spacial score (nSPS) is 12.0. The molecule has 1 N–H and O–H groups in total. The Hall–Kier alpha value is -4.00. The number of nitrogens with zero attached hydrogens (tertiary/aromatic N) is 4. The molecule has 0 aliphatic carbocycles. The number of nitrogens with one attached hydrogen (secondary N) is 1. The van der Waals surface area contributed by atoms with E-state index in [1.165, 1.54) is 0 Å². The summed E-state index contributed by atoms with van der Waals surface area (Å²) < 4.78 is 1.89. The number of hydrogen-bond acceptors (Lipinski definition) is 4. The number of hydrogen-bond donors (Lipinski definition) is 1. The molecular formula is C26H27N5O2. The highest BCUT2D eigenvalue weighted by atomic mass is 16.2. The second kappa shape index (κ2) is 9.65. The number of imidazole rings is 1. The van der Waals surface area contributed by atoms with Crippen molar-refractivity contribution < 1.29 is 9.59 Å². The van der Waals surface area contributed by atoms with Crippen molar-refractivity contribution in [2.24, 2.45) is 0 Å². The minimum Gasteiger partial charge on any atom is -0.341 e. The van der Waals surface area contributed by atoms with E-state index in [4.69, 9.17) is 4.98 Å². The number of amides is 2. The van der Waals surface area contributed by atoms with Crippen molar-refractivity contribution in [3.05, 3.63) is 90.5 Å². The summed E-state index contributed by atoms with van der Waals surface area (Å²) in [5.74, 6) is 0.274. The van der Waals surface area contributed by atoms with Crippen LogP contribution in [0.4, 0.5) is 5.69 Å². The van der Waals surface area contributed by atoms with E-state index in [2.05, 4.69) is 10.3 Å². The first kappa shape index (κ1) is 22.2. The number of carbonyl (C=O) groups is 2. The fraction of sp³-hybridized carbons (Fsp3) is 0.231. The van der Waals surface area contributed by atoms with Gasteiger partial charge in [-0.2, -0.15) is 0 Å². The van der Waals surface area contributed by atoms with Crippen LogP contribution in [0.2, 0.25) is 0 Å². The lowest BCUT2D eigenvalue weighted by atomic mass is 10.2. The summed E-state index contributed by atoms with van der Waals surface area (Å²) in [7, 11) is 0. The average molecular weight is 442 g/mol. The summed E-state index contributed by atoms with van der Waals surface area (Å²) >= 11 is 0. The standard InChI is InChI=1S/C26H27N5O2/c1-18(2)31(20-11-5-4-6-12-20)24(32)17-30-23-15-8-7-13-21(23)29-25(30)19(3)28-26(33)22-14-9-10-16-27-22/h4-16,18-19H,17H2,1-3H3,(H,28,33). The van der Waals surface area contributed by atoms with Crippen LogP contribution in [-0.4, -0.2) is 32.4 Å². The molecule has 2 heterocycles. The highest BCUT2D eigenvalue weighted by Crippen LogP contribution is 2.23. The maximum Gasteiger partial charge on any atom is 0.270 e. The molecule has 7 heteroatoms. The van der Waals surface area contributed by atoms with Gasteiger partial charge in [-0.3, -0.25) is 14.6 Å². The van der Waals surface area contributed by atoms with E-state index in [0.29, 0.717) is 11.5 Å². The van der Waals surface area contributed by atoms with Crippen molar-refractivity contribution in [3.63, 3.8) is 0 Å². The van der Waals surface area contributed by atoms with Crippen LogP contribution in [0.15, 0.2) is 79.0 Å². The predicted molar refractivity (Wildman–Crippen MR) is 129 cm³/mol. The highest BCUT2D eigenvalue weighted by molar-refractivity contribution is 5.95. The topological polar surface area (TPSA) is 80.1 Å². The first-order chi connectivity index (χ1) is 16.0. The Bertz CT molecular complexity index is 1250. The van der Waals surface area contributed by atoms with Gasteiger partial charge in [-0.05, 0) is 57.2 Å². The Morgan fingerprint density at radius 2 is 1.64 bits per heavy atom. The number of aromatic nitrogens is 3. The fourth-order valence-electron chi connectivity index (χ4n) is 3.95. The Balaban J connectivity index is 1.66. The number of anilines is 1. The van der Waals surface area contributed by atoms with Gasteiger partial charge in [-0.25, -0.2) is 4.98 Å². The largest absolute Gasteiger partial charge is 0.341 e. The zero-order valence-electron chi connectivity index (χ0n) is 19.0. The second-order valence-electron chi connectivity index (χ2n) is 8.15. The van der Waals surface area contributed by atoms with Gasteiger partial charge in [0.25, 0.3) is 5.91 Å². The van der Waals surface area contributed by atoms with Gasteiger partial charge in [0.1, 0.15) is 18.1 Å². The molecule has 0 saturated carbocycles. The molecule has 1 atom stereocenters. The van der Waals surface area contributed by atoms with E-state index >= 15 is 0 Å². The summed E-state index contributed by atoms with van der Waals surface area (Å²) in [5, 5.41) is 2.96. The van der Waals surface area contributed by atoms with Crippen LogP contribution in [-0.2, 0) is 11.3 Å². The highest BCUT2D eigenvalue weighted by Gasteiger charge is 2.24. The summed E-state index contributed by atoms with van der Waals surface area (Å²) in [6, 6.07) is 22.1. The minimum absolute atomic E-state index is 0.0144. The maximum atomic E-state index is 13.5. The molecule has 2 aromatic heterocycles. The van der Waals surface area contributed by atoms with Gasteiger partial charge in [0.05, 0.1) is 17.1 Å². The van der Waals surface area contributed by atoms with Crippen LogP contribution in [0.5, 0.6) is 0 Å². The van der Waals surface area contributed by atoms with Crippen LogP contribution in [0.25, 0.3) is 11.0 Å². The summed E-state index contributed by atoms with van der Waals surface area (Å²) in [4.78, 5) is 36.8. The molecule has 0 radical (unpaired) electrons. The lowest BCUT2D eigenvalue weighted by molar-refractivity contribution is -0.119. The van der Waals surface area contributed by atoms with Crippen LogP contribution in [0.3, 0.4) is 0 Å². The van der Waals surface area contributed by atoms with E-state index in [1.807, 2.05) is 79.9 Å². The molecule has 4 aromatic rings. The van der Waals surface area contributed by atoms with Gasteiger partial charge in [0, 0.05) is 17.9 Å². The number of pyridine rings is 1. The minimum atomic E-state index is -0.427. The van der Waals surface area contributed by atoms with Crippen molar-refractivity contribution in [2.75, 3.05) is 4.90 Å². The van der Waals surface area contributed by atoms with Crippen molar-refractivity contribution in [2.45, 2.75) is 39.4 Å². The first-order valence-electron chi connectivity index (χ1n) is 11.0. The van der Waals surface area contributed by atoms with Crippen molar-refractivity contribution >= 4 is 28.5 Å². The van der Waals surface area contributed by atoms with Crippen molar-refractivity contribution in [3.8, 4) is 0 Å². The third-order valence-corrected chi connectivity index (χ3v) is 5.43. The molecule has 33 heavy (non-hydrogen) atoms. The molecule has 1 unspecified atom stereocenters. The Morgan fingerprint density at radius 3 is 2.33 bits per heavy atom. The lowest BCUT2D eigenvalue weighted by Crippen LogP contribution is -2.40. The Labute approximate surface area is 193 Å². The lowest BCUT2D eigenvalue weighted by Gasteiger charge is -2.28. The molecule has 0 saturated heterocycles. The van der Waals surface area contributed by atoms with Gasteiger partial charge < -0.3 is 14.8 Å². The summed E-state index contributed by atoms with van der Waals surface area (Å²) in [6.45, 7) is 5.95. The van der Waals surface area contributed by atoms with Crippen LogP contribution in [0.1, 0.15) is 43.1 Å². The Kier molecular flexibility index (Phi) is 6.49. The Morgan fingerprint density at radius 1 is 0.939 bits per heavy atom. The van der Waals surface area contributed by atoms with Crippen LogP contribution >= 0.6 is 0 Å². The smallest absolute Gasteiger partial charge is 0.270 e. The zero-order chi connectivity index (χ0) is 23.4.